The Hall–Kier alpha value is -3.89. The number of para-hydroxylation sites is 1. The zero-order valence-electron chi connectivity index (χ0n) is 21.3. The van der Waals surface area contributed by atoms with Crippen molar-refractivity contribution in [3.05, 3.63) is 83.9 Å². The van der Waals surface area contributed by atoms with Crippen molar-refractivity contribution in [1.29, 1.82) is 0 Å². The Morgan fingerprint density at radius 3 is 2.39 bits per heavy atom. The molecule has 0 bridgehead atoms. The van der Waals surface area contributed by atoms with Crippen LogP contribution in [-0.4, -0.2) is 53.1 Å². The molecule has 1 atom stereocenters. The number of carbonyl (C=O) groups excluding carboxylic acids is 2. The molecule has 1 fully saturated rings. The van der Waals surface area contributed by atoms with Crippen LogP contribution in [0, 0.1) is 6.92 Å². The molecule has 2 N–H and O–H groups in total. The van der Waals surface area contributed by atoms with E-state index in [0.717, 1.165) is 22.7 Å². The van der Waals surface area contributed by atoms with Gasteiger partial charge >= 0.3 is 0 Å². The number of nitrogens with one attached hydrogen (secondary N) is 2. The number of nitrogens with zero attached hydrogens (tertiary/aromatic N) is 1. The highest BCUT2D eigenvalue weighted by Crippen LogP contribution is 2.26. The Bertz CT molecular complexity index is 1370. The molecule has 200 valence electrons. The van der Waals surface area contributed by atoms with E-state index in [1.165, 1.54) is 19.2 Å². The molecule has 0 spiro atoms. The first-order chi connectivity index (χ1) is 18.3. The molecule has 1 aliphatic heterocycles. The maximum absolute atomic E-state index is 13.6. The molecule has 0 radical (unpaired) electrons. The molecular weight excluding hydrogens is 506 g/mol. The Labute approximate surface area is 222 Å². The highest BCUT2D eigenvalue weighted by Gasteiger charge is 2.28. The molecule has 3 aromatic rings. The number of hydrogen-bond acceptors (Lipinski definition) is 6. The summed E-state index contributed by atoms with van der Waals surface area (Å²) in [4.78, 5) is 26.1. The van der Waals surface area contributed by atoms with Gasteiger partial charge in [0.25, 0.3) is 15.9 Å². The number of benzene rings is 3. The SMILES string of the molecule is COc1ccc(S(=O)(=O)N(CC(=O)Nc2ccccc2C(=O)NC[C@@H]2CCCO2)c2ccc(C)cc2)cc1. The van der Waals surface area contributed by atoms with E-state index in [9.17, 15) is 18.0 Å². The van der Waals surface area contributed by atoms with Crippen LogP contribution >= 0.6 is 0 Å². The van der Waals surface area contributed by atoms with Gasteiger partial charge in [-0.3, -0.25) is 13.9 Å². The minimum Gasteiger partial charge on any atom is -0.497 e. The first-order valence-corrected chi connectivity index (χ1v) is 13.7. The molecule has 0 aliphatic carbocycles. The van der Waals surface area contributed by atoms with Gasteiger partial charge in [0, 0.05) is 13.2 Å². The van der Waals surface area contributed by atoms with Crippen molar-refractivity contribution in [1.82, 2.24) is 5.32 Å². The number of carbonyl (C=O) groups is 2. The van der Waals surface area contributed by atoms with Gasteiger partial charge < -0.3 is 20.1 Å². The largest absolute Gasteiger partial charge is 0.497 e. The van der Waals surface area contributed by atoms with Crippen molar-refractivity contribution in [3.63, 3.8) is 0 Å². The minimum absolute atomic E-state index is 0.0144. The summed E-state index contributed by atoms with van der Waals surface area (Å²) in [7, 11) is -2.61. The molecule has 9 nitrogen and oxygen atoms in total. The number of amides is 2. The van der Waals surface area contributed by atoms with Gasteiger partial charge in [-0.2, -0.15) is 0 Å². The van der Waals surface area contributed by atoms with Crippen LogP contribution in [-0.2, 0) is 19.6 Å². The second-order valence-electron chi connectivity index (χ2n) is 8.96. The van der Waals surface area contributed by atoms with E-state index in [1.807, 2.05) is 6.92 Å². The molecule has 4 rings (SSSR count). The standard InChI is InChI=1S/C28H31N3O6S/c1-20-9-11-21(12-10-20)31(38(34,35)24-15-13-22(36-2)14-16-24)19-27(32)30-26-8-4-3-7-25(26)28(33)29-18-23-6-5-17-37-23/h3-4,7-16,23H,5-6,17-19H2,1-2H3,(H,29,33)(H,30,32)/t23-/m0/s1. The van der Waals surface area contributed by atoms with E-state index < -0.39 is 22.5 Å². The van der Waals surface area contributed by atoms with Gasteiger partial charge in [-0.1, -0.05) is 29.8 Å². The van der Waals surface area contributed by atoms with Crippen molar-refractivity contribution >= 4 is 33.2 Å². The normalized spacial score (nSPS) is 15.1. The first kappa shape index (κ1) is 27.2. The highest BCUT2D eigenvalue weighted by atomic mass is 32.2. The van der Waals surface area contributed by atoms with Crippen LogP contribution in [0.15, 0.2) is 77.7 Å². The van der Waals surface area contributed by atoms with Crippen molar-refractivity contribution in [2.24, 2.45) is 0 Å². The van der Waals surface area contributed by atoms with Crippen molar-refractivity contribution in [2.45, 2.75) is 30.8 Å². The summed E-state index contributed by atoms with van der Waals surface area (Å²) < 4.78 is 39.0. The van der Waals surface area contributed by atoms with Gasteiger partial charge in [0.15, 0.2) is 0 Å². The Morgan fingerprint density at radius 2 is 1.74 bits per heavy atom. The third-order valence-corrected chi connectivity index (χ3v) is 8.00. The predicted molar refractivity (Wildman–Crippen MR) is 145 cm³/mol. The number of aryl methyl sites for hydroxylation is 1. The van der Waals surface area contributed by atoms with Crippen LogP contribution in [0.3, 0.4) is 0 Å². The van der Waals surface area contributed by atoms with Crippen molar-refractivity contribution < 1.29 is 27.5 Å². The average Bonchev–Trinajstić information content (AvgIpc) is 3.45. The third-order valence-electron chi connectivity index (χ3n) is 6.22. The zero-order valence-corrected chi connectivity index (χ0v) is 22.2. The lowest BCUT2D eigenvalue weighted by molar-refractivity contribution is -0.114. The lowest BCUT2D eigenvalue weighted by atomic mass is 10.1. The highest BCUT2D eigenvalue weighted by molar-refractivity contribution is 7.92. The van der Waals surface area contributed by atoms with Crippen molar-refractivity contribution in [3.8, 4) is 5.75 Å². The average molecular weight is 538 g/mol. The number of rotatable bonds is 10. The van der Waals surface area contributed by atoms with Gasteiger partial charge in [-0.05, 0) is 68.3 Å². The maximum atomic E-state index is 13.6. The first-order valence-electron chi connectivity index (χ1n) is 12.3. The Morgan fingerprint density at radius 1 is 1.03 bits per heavy atom. The lowest BCUT2D eigenvalue weighted by Crippen LogP contribution is -2.38. The number of anilines is 2. The Kier molecular flexibility index (Phi) is 8.65. The van der Waals surface area contributed by atoms with E-state index >= 15 is 0 Å². The molecular formula is C28H31N3O6S. The summed E-state index contributed by atoms with van der Waals surface area (Å²) in [5, 5.41) is 5.57. The van der Waals surface area contributed by atoms with Crippen LogP contribution in [0.1, 0.15) is 28.8 Å². The fourth-order valence-electron chi connectivity index (χ4n) is 4.12. The zero-order chi connectivity index (χ0) is 27.1. The van der Waals surface area contributed by atoms with Crippen LogP contribution in [0.4, 0.5) is 11.4 Å². The van der Waals surface area contributed by atoms with E-state index in [2.05, 4.69) is 10.6 Å². The van der Waals surface area contributed by atoms with Gasteiger partial charge in [0.05, 0.1) is 35.0 Å². The molecule has 0 saturated carbocycles. The molecule has 2 amide bonds. The molecule has 0 aromatic heterocycles. The summed E-state index contributed by atoms with van der Waals surface area (Å²) in [5.41, 5.74) is 1.85. The molecule has 1 heterocycles. The second kappa shape index (κ2) is 12.1. The molecule has 0 unspecified atom stereocenters. The second-order valence-corrected chi connectivity index (χ2v) is 10.8. The number of hydrogen-bond donors (Lipinski definition) is 2. The van der Waals surface area contributed by atoms with E-state index in [4.69, 9.17) is 9.47 Å². The molecule has 38 heavy (non-hydrogen) atoms. The topological polar surface area (TPSA) is 114 Å². The van der Waals surface area contributed by atoms with E-state index in [-0.39, 0.29) is 28.2 Å². The quantitative estimate of drug-likeness (QED) is 0.407. The smallest absolute Gasteiger partial charge is 0.264 e. The maximum Gasteiger partial charge on any atom is 0.264 e. The molecule has 3 aromatic carbocycles. The van der Waals surface area contributed by atoms with Gasteiger partial charge in [0.2, 0.25) is 5.91 Å². The van der Waals surface area contributed by atoms with Crippen LogP contribution < -0.4 is 19.7 Å². The number of methoxy groups -OCH3 is 1. The van der Waals surface area contributed by atoms with Gasteiger partial charge in [-0.15, -0.1) is 0 Å². The predicted octanol–water partition coefficient (Wildman–Crippen LogP) is 3.75. The van der Waals surface area contributed by atoms with Crippen LogP contribution in [0.2, 0.25) is 0 Å². The molecule has 1 aliphatic rings. The summed E-state index contributed by atoms with van der Waals surface area (Å²) in [5.74, 6) is -0.433. The molecule has 1 saturated heterocycles. The molecule has 10 heteroatoms. The minimum atomic E-state index is -4.10. The summed E-state index contributed by atoms with van der Waals surface area (Å²) in [6.07, 6.45) is 1.83. The van der Waals surface area contributed by atoms with Crippen LogP contribution in [0.25, 0.3) is 0 Å². The van der Waals surface area contributed by atoms with Gasteiger partial charge in [0.1, 0.15) is 12.3 Å². The lowest BCUT2D eigenvalue weighted by Gasteiger charge is -2.24. The summed E-state index contributed by atoms with van der Waals surface area (Å²) >= 11 is 0. The van der Waals surface area contributed by atoms with Crippen LogP contribution in [0.5, 0.6) is 5.75 Å². The fourth-order valence-corrected chi connectivity index (χ4v) is 5.54. The number of sulfonamides is 1. The van der Waals surface area contributed by atoms with E-state index in [0.29, 0.717) is 24.6 Å². The van der Waals surface area contributed by atoms with Gasteiger partial charge in [-0.25, -0.2) is 8.42 Å². The third kappa shape index (κ3) is 6.51. The summed E-state index contributed by atoms with van der Waals surface area (Å²) in [6, 6.07) is 19.4. The van der Waals surface area contributed by atoms with Crippen molar-refractivity contribution in [2.75, 3.05) is 36.4 Å². The fraction of sp³-hybridized carbons (Fsp3) is 0.286. The number of ether oxygens (including phenoxy) is 2. The summed E-state index contributed by atoms with van der Waals surface area (Å²) in [6.45, 7) is 2.45. The Balaban J connectivity index is 1.55. The monoisotopic (exact) mass is 537 g/mol. The van der Waals surface area contributed by atoms with E-state index in [1.54, 1.807) is 60.7 Å².